The van der Waals surface area contributed by atoms with Crippen molar-refractivity contribution < 1.29 is 5.11 Å². The lowest BCUT2D eigenvalue weighted by Gasteiger charge is -2.38. The molecule has 0 spiro atoms. The number of thiophene rings is 1. The first kappa shape index (κ1) is 13.6. The Balaban J connectivity index is 2.33. The van der Waals surface area contributed by atoms with Crippen LogP contribution < -0.4 is 0 Å². The molecule has 98 valence electrons. The summed E-state index contributed by atoms with van der Waals surface area (Å²) in [6, 6.07) is 4.48. The minimum atomic E-state index is -0.629. The van der Waals surface area contributed by atoms with Gasteiger partial charge in [0.1, 0.15) is 0 Å². The van der Waals surface area contributed by atoms with Gasteiger partial charge in [0.2, 0.25) is 0 Å². The van der Waals surface area contributed by atoms with Gasteiger partial charge in [0.05, 0.1) is 17.6 Å². The van der Waals surface area contributed by atoms with E-state index in [1.807, 2.05) is 13.0 Å². The zero-order valence-electron chi connectivity index (χ0n) is 11.4. The fourth-order valence-corrected chi connectivity index (χ4v) is 4.18. The van der Waals surface area contributed by atoms with Crippen LogP contribution in [0.5, 0.6) is 0 Å². The smallest absolute Gasteiger partial charge is 0.0987 e. The second kappa shape index (κ2) is 5.03. The van der Waals surface area contributed by atoms with Crippen molar-refractivity contribution in [2.75, 3.05) is 0 Å². The zero-order chi connectivity index (χ0) is 13.3. The molecule has 18 heavy (non-hydrogen) atoms. The van der Waals surface area contributed by atoms with Crippen molar-refractivity contribution in [1.29, 1.82) is 5.26 Å². The average Bonchev–Trinajstić information content (AvgIpc) is 2.67. The van der Waals surface area contributed by atoms with E-state index in [2.05, 4.69) is 19.9 Å². The molecule has 1 aliphatic carbocycles. The monoisotopic (exact) mass is 263 g/mol. The number of nitriles is 1. The van der Waals surface area contributed by atoms with E-state index in [-0.39, 0.29) is 0 Å². The zero-order valence-corrected chi connectivity index (χ0v) is 12.2. The molecule has 0 aliphatic heterocycles. The molecule has 1 aliphatic rings. The Labute approximate surface area is 113 Å². The normalized spacial score (nSPS) is 29.8. The summed E-state index contributed by atoms with van der Waals surface area (Å²) in [6.45, 7) is 6.27. The van der Waals surface area contributed by atoms with E-state index >= 15 is 0 Å². The van der Waals surface area contributed by atoms with Crippen molar-refractivity contribution in [2.45, 2.75) is 52.6 Å². The van der Waals surface area contributed by atoms with Crippen LogP contribution in [-0.4, -0.2) is 5.11 Å². The topological polar surface area (TPSA) is 44.0 Å². The summed E-state index contributed by atoms with van der Waals surface area (Å²) < 4.78 is 0. The van der Waals surface area contributed by atoms with Crippen LogP contribution in [0.2, 0.25) is 0 Å². The summed E-state index contributed by atoms with van der Waals surface area (Å²) >= 11 is 1.70. The Morgan fingerprint density at radius 3 is 2.78 bits per heavy atom. The minimum absolute atomic E-state index is 0.535. The third-order valence-electron chi connectivity index (χ3n) is 4.15. The molecular formula is C15H21NOS. The number of rotatable bonds is 2. The Bertz CT molecular complexity index is 473. The Kier molecular flexibility index (Phi) is 3.79. The molecular weight excluding hydrogens is 242 g/mol. The summed E-state index contributed by atoms with van der Waals surface area (Å²) in [5, 5.41) is 20.3. The van der Waals surface area contributed by atoms with Gasteiger partial charge in [-0.2, -0.15) is 5.26 Å². The lowest BCUT2D eigenvalue weighted by atomic mass is 9.66. The molecule has 2 nitrogen and oxygen atoms in total. The second-order valence-electron chi connectivity index (χ2n) is 5.74. The van der Waals surface area contributed by atoms with E-state index in [0.717, 1.165) is 29.7 Å². The summed E-state index contributed by atoms with van der Waals surface area (Å²) in [4.78, 5) is 2.35. The summed E-state index contributed by atoms with van der Waals surface area (Å²) in [7, 11) is 0. The predicted octanol–water partition coefficient (Wildman–Crippen LogP) is 4.12. The Morgan fingerprint density at radius 1 is 1.56 bits per heavy atom. The standard InChI is InChI=1S/C15H21NOS/c1-10-5-4-6-15(8-10,9-16)14(17)13-7-11(2)18-12(13)3/h7,10,14,17H,4-6,8H2,1-3H3. The molecule has 1 heterocycles. The summed E-state index contributed by atoms with van der Waals surface area (Å²) in [5.41, 5.74) is 0.392. The molecule has 1 N–H and O–H groups in total. The van der Waals surface area contributed by atoms with Crippen molar-refractivity contribution in [2.24, 2.45) is 11.3 Å². The van der Waals surface area contributed by atoms with E-state index in [4.69, 9.17) is 0 Å². The number of hydrogen-bond acceptors (Lipinski definition) is 3. The van der Waals surface area contributed by atoms with E-state index in [9.17, 15) is 10.4 Å². The van der Waals surface area contributed by atoms with Crippen LogP contribution in [0.1, 0.15) is 54.0 Å². The molecule has 1 fully saturated rings. The van der Waals surface area contributed by atoms with Gasteiger partial charge >= 0.3 is 0 Å². The molecule has 3 unspecified atom stereocenters. The maximum atomic E-state index is 10.7. The number of nitrogens with zero attached hydrogens (tertiary/aromatic N) is 1. The van der Waals surface area contributed by atoms with Gasteiger partial charge in [-0.05, 0) is 44.2 Å². The van der Waals surface area contributed by atoms with Gasteiger partial charge in [0, 0.05) is 9.75 Å². The van der Waals surface area contributed by atoms with Gasteiger partial charge in [0.25, 0.3) is 0 Å². The van der Waals surface area contributed by atoms with Crippen LogP contribution in [0.25, 0.3) is 0 Å². The second-order valence-corrected chi connectivity index (χ2v) is 7.20. The van der Waals surface area contributed by atoms with Crippen molar-refractivity contribution in [1.82, 2.24) is 0 Å². The third kappa shape index (κ3) is 2.32. The first-order valence-corrected chi connectivity index (χ1v) is 7.46. The molecule has 0 saturated heterocycles. The SMILES string of the molecule is Cc1cc(C(O)C2(C#N)CCCC(C)C2)c(C)s1. The van der Waals surface area contributed by atoms with Gasteiger partial charge in [-0.1, -0.05) is 19.8 Å². The molecule has 3 heteroatoms. The number of aliphatic hydroxyl groups is 1. The van der Waals surface area contributed by atoms with Crippen molar-refractivity contribution >= 4 is 11.3 Å². The molecule has 0 radical (unpaired) electrons. The maximum absolute atomic E-state index is 10.7. The first-order chi connectivity index (χ1) is 8.48. The molecule has 0 amide bonds. The van der Waals surface area contributed by atoms with E-state index in [1.54, 1.807) is 11.3 Å². The Hall–Kier alpha value is -0.850. The summed E-state index contributed by atoms with van der Waals surface area (Å²) in [5.74, 6) is 0.535. The molecule has 1 aromatic heterocycles. The Morgan fingerprint density at radius 2 is 2.28 bits per heavy atom. The van der Waals surface area contributed by atoms with Gasteiger partial charge < -0.3 is 5.11 Å². The van der Waals surface area contributed by atoms with Gasteiger partial charge in [-0.25, -0.2) is 0 Å². The predicted molar refractivity (Wildman–Crippen MR) is 74.4 cm³/mol. The highest BCUT2D eigenvalue weighted by Crippen LogP contribution is 2.48. The largest absolute Gasteiger partial charge is 0.387 e. The molecule has 0 bridgehead atoms. The minimum Gasteiger partial charge on any atom is -0.387 e. The third-order valence-corrected chi connectivity index (χ3v) is 5.13. The first-order valence-electron chi connectivity index (χ1n) is 6.65. The van der Waals surface area contributed by atoms with Crippen LogP contribution in [0.4, 0.5) is 0 Å². The van der Waals surface area contributed by atoms with Gasteiger partial charge in [0.15, 0.2) is 0 Å². The van der Waals surface area contributed by atoms with Crippen LogP contribution in [0.15, 0.2) is 6.07 Å². The lowest BCUT2D eigenvalue weighted by Crippen LogP contribution is -2.33. The average molecular weight is 263 g/mol. The van der Waals surface area contributed by atoms with Gasteiger partial charge in [-0.3, -0.25) is 0 Å². The molecule has 3 atom stereocenters. The molecule has 1 aromatic rings. The van der Waals surface area contributed by atoms with Crippen LogP contribution in [-0.2, 0) is 0 Å². The fraction of sp³-hybridized carbons (Fsp3) is 0.667. The van der Waals surface area contributed by atoms with Crippen LogP contribution in [0, 0.1) is 36.5 Å². The van der Waals surface area contributed by atoms with Crippen molar-refractivity contribution in [3.8, 4) is 6.07 Å². The van der Waals surface area contributed by atoms with Gasteiger partial charge in [-0.15, -0.1) is 11.3 Å². The lowest BCUT2D eigenvalue weighted by molar-refractivity contribution is 0.0218. The van der Waals surface area contributed by atoms with E-state index in [0.29, 0.717) is 5.92 Å². The van der Waals surface area contributed by atoms with Crippen LogP contribution >= 0.6 is 11.3 Å². The summed E-state index contributed by atoms with van der Waals surface area (Å²) in [6.07, 6.45) is 3.24. The van der Waals surface area contributed by atoms with Crippen LogP contribution in [0.3, 0.4) is 0 Å². The quantitative estimate of drug-likeness (QED) is 0.872. The maximum Gasteiger partial charge on any atom is 0.0987 e. The molecule has 0 aromatic carbocycles. The fourth-order valence-electron chi connectivity index (χ4n) is 3.22. The molecule has 1 saturated carbocycles. The van der Waals surface area contributed by atoms with E-state index in [1.165, 1.54) is 11.3 Å². The highest BCUT2D eigenvalue weighted by atomic mass is 32.1. The van der Waals surface area contributed by atoms with Crippen molar-refractivity contribution in [3.63, 3.8) is 0 Å². The highest BCUT2D eigenvalue weighted by Gasteiger charge is 2.43. The van der Waals surface area contributed by atoms with Crippen molar-refractivity contribution in [3.05, 3.63) is 21.4 Å². The number of aliphatic hydroxyl groups excluding tert-OH is 1. The number of aryl methyl sites for hydroxylation is 2. The van der Waals surface area contributed by atoms with E-state index < -0.39 is 11.5 Å². The highest BCUT2D eigenvalue weighted by molar-refractivity contribution is 7.12. The molecule has 2 rings (SSSR count). The number of hydrogen-bond donors (Lipinski definition) is 1.